The summed E-state index contributed by atoms with van der Waals surface area (Å²) in [5, 5.41) is 20.1. The van der Waals surface area contributed by atoms with Crippen LogP contribution < -0.4 is 0 Å². The van der Waals surface area contributed by atoms with Crippen LogP contribution >= 0.6 is 11.6 Å². The van der Waals surface area contributed by atoms with E-state index in [1.54, 1.807) is 25.4 Å². The Morgan fingerprint density at radius 1 is 1.40 bits per heavy atom. The van der Waals surface area contributed by atoms with Crippen molar-refractivity contribution in [3.05, 3.63) is 82.7 Å². The Labute approximate surface area is 182 Å². The van der Waals surface area contributed by atoms with E-state index in [0.29, 0.717) is 30.8 Å². The van der Waals surface area contributed by atoms with Crippen molar-refractivity contribution in [3.63, 3.8) is 0 Å². The number of nitrogens with zero attached hydrogens (tertiary/aromatic N) is 1. The van der Waals surface area contributed by atoms with Crippen LogP contribution in [-0.4, -0.2) is 42.1 Å². The molecular weight excluding hydrogens is 401 g/mol. The van der Waals surface area contributed by atoms with Crippen LogP contribution in [0.2, 0.25) is 11.3 Å². The number of allylic oxidation sites excluding steroid dienone is 2. The number of pyridine rings is 1. The molecule has 0 saturated heterocycles. The molecule has 1 unspecified atom stereocenters. The van der Waals surface area contributed by atoms with Gasteiger partial charge in [-0.1, -0.05) is 30.3 Å². The number of hydrogen-bond acceptors (Lipinski definition) is 5. The normalized spacial score (nSPS) is 17.0. The molecule has 0 bridgehead atoms. The third-order valence-corrected chi connectivity index (χ3v) is 5.25. The highest BCUT2D eigenvalue weighted by atomic mass is 35.5. The van der Waals surface area contributed by atoms with E-state index in [2.05, 4.69) is 11.6 Å². The Morgan fingerprint density at radius 3 is 2.93 bits per heavy atom. The van der Waals surface area contributed by atoms with E-state index in [9.17, 15) is 10.1 Å². The Balaban J connectivity index is 1.86. The molecule has 1 aromatic carbocycles. The van der Waals surface area contributed by atoms with Gasteiger partial charge in [-0.05, 0) is 71.5 Å². The predicted molar refractivity (Wildman–Crippen MR) is 121 cm³/mol. The highest BCUT2D eigenvalue weighted by molar-refractivity contribution is 6.43. The van der Waals surface area contributed by atoms with Crippen molar-refractivity contribution in [1.29, 1.82) is 0 Å². The van der Waals surface area contributed by atoms with Crippen molar-refractivity contribution in [2.45, 2.75) is 25.3 Å². The monoisotopic (exact) mass is 425 g/mol. The van der Waals surface area contributed by atoms with E-state index in [-0.39, 0.29) is 11.9 Å². The van der Waals surface area contributed by atoms with Gasteiger partial charge in [-0.3, -0.25) is 4.98 Å². The van der Waals surface area contributed by atoms with Crippen molar-refractivity contribution in [3.8, 4) is 5.75 Å². The third kappa shape index (κ3) is 5.83. The number of halogens is 1. The number of aromatic nitrogens is 1. The summed E-state index contributed by atoms with van der Waals surface area (Å²) in [4.78, 5) is 4.48. The average molecular weight is 426 g/mol. The first kappa shape index (κ1) is 22.3. The molecule has 0 fully saturated rings. The van der Waals surface area contributed by atoms with E-state index in [4.69, 9.17) is 21.0 Å². The summed E-state index contributed by atoms with van der Waals surface area (Å²) in [6.45, 7) is 4.50. The predicted octanol–water partition coefficient (Wildman–Crippen LogP) is 4.77. The number of aromatic hydroxyl groups is 1. The van der Waals surface area contributed by atoms with Gasteiger partial charge in [-0.15, -0.1) is 0 Å². The van der Waals surface area contributed by atoms with Crippen LogP contribution in [0.3, 0.4) is 0 Å². The molecule has 5 nitrogen and oxygen atoms in total. The van der Waals surface area contributed by atoms with Gasteiger partial charge in [0.15, 0.2) is 0 Å². The van der Waals surface area contributed by atoms with Crippen LogP contribution in [0.15, 0.2) is 66.4 Å². The number of ether oxygens (including phenoxy) is 1. The fourth-order valence-electron chi connectivity index (χ4n) is 3.47. The van der Waals surface area contributed by atoms with Crippen LogP contribution in [0.25, 0.3) is 11.6 Å². The molecule has 2 N–H and O–H groups in total. The fraction of sp³-hybridized carbons (Fsp3) is 0.261. The minimum Gasteiger partial charge on any atom is -0.508 e. The molecule has 0 amide bonds. The Bertz CT molecular complexity index is 945. The number of phenolic OH excluding ortho intramolecular Hbond substituents is 1. The molecular formula is C23H25BClNO4. The second kappa shape index (κ2) is 10.6. The van der Waals surface area contributed by atoms with Gasteiger partial charge < -0.3 is 19.5 Å². The maximum atomic E-state index is 9.99. The molecule has 0 saturated carbocycles. The topological polar surface area (TPSA) is 71.8 Å². The van der Waals surface area contributed by atoms with E-state index >= 15 is 0 Å². The molecule has 1 aliphatic heterocycles. The van der Waals surface area contributed by atoms with Gasteiger partial charge in [0.2, 0.25) is 0 Å². The van der Waals surface area contributed by atoms with Gasteiger partial charge in [0.25, 0.3) is 0 Å². The average Bonchev–Trinajstić information content (AvgIpc) is 2.73. The maximum absolute atomic E-state index is 9.99. The molecule has 2 heterocycles. The number of phenols is 1. The van der Waals surface area contributed by atoms with Crippen molar-refractivity contribution < 1.29 is 19.5 Å². The summed E-state index contributed by atoms with van der Waals surface area (Å²) < 4.78 is 11.0. The lowest BCUT2D eigenvalue weighted by atomic mass is 9.78. The van der Waals surface area contributed by atoms with Crippen molar-refractivity contribution in [2.24, 2.45) is 0 Å². The lowest BCUT2D eigenvalue weighted by Crippen LogP contribution is -2.32. The van der Waals surface area contributed by atoms with Gasteiger partial charge in [0, 0.05) is 19.6 Å². The highest BCUT2D eigenvalue weighted by Crippen LogP contribution is 2.32. The molecule has 30 heavy (non-hydrogen) atoms. The van der Waals surface area contributed by atoms with E-state index in [1.807, 2.05) is 30.4 Å². The number of hydrogen-bond donors (Lipinski definition) is 2. The lowest BCUT2D eigenvalue weighted by Gasteiger charge is -2.28. The molecule has 156 valence electrons. The molecule has 3 rings (SSSR count). The summed E-state index contributed by atoms with van der Waals surface area (Å²) in [6, 6.07) is 10.6. The zero-order valence-electron chi connectivity index (χ0n) is 16.9. The van der Waals surface area contributed by atoms with Crippen LogP contribution in [-0.2, 0) is 9.39 Å². The summed E-state index contributed by atoms with van der Waals surface area (Å²) in [6.07, 6.45) is 7.10. The summed E-state index contributed by atoms with van der Waals surface area (Å²) in [5.41, 5.74) is 4.41. The summed E-state index contributed by atoms with van der Waals surface area (Å²) in [5.74, 6) is 0.118. The van der Waals surface area contributed by atoms with E-state index in [1.165, 1.54) is 6.07 Å². The number of rotatable bonds is 8. The van der Waals surface area contributed by atoms with Gasteiger partial charge in [-0.2, -0.15) is 0 Å². The largest absolute Gasteiger partial charge is 0.508 e. The van der Waals surface area contributed by atoms with Gasteiger partial charge in [0.1, 0.15) is 5.75 Å². The molecule has 1 atom stereocenters. The maximum Gasteiger partial charge on any atom is 0.458 e. The fourth-order valence-corrected chi connectivity index (χ4v) is 3.69. The standard InChI is InChI=1S/C23H25BClNO4/c1-16(15-29-2)20-10-11-24(28)30-23(20)9-7-18(22-5-3-4-12-26-22)13-17-6-8-19(27)14-21(17)25/h3-6,8,10,12-14,23,27-28H,1,7,9,11,15H2,2H3/b18-13-. The minimum absolute atomic E-state index is 0.118. The summed E-state index contributed by atoms with van der Waals surface area (Å²) in [7, 11) is 0.797. The van der Waals surface area contributed by atoms with Crippen LogP contribution in [0.1, 0.15) is 24.1 Å². The first-order valence-corrected chi connectivity index (χ1v) is 10.2. The first-order chi connectivity index (χ1) is 14.5. The zero-order valence-corrected chi connectivity index (χ0v) is 17.7. The van der Waals surface area contributed by atoms with Gasteiger partial charge >= 0.3 is 7.12 Å². The van der Waals surface area contributed by atoms with Gasteiger partial charge in [0.05, 0.1) is 23.4 Å². The second-order valence-electron chi connectivity index (χ2n) is 7.14. The molecule has 0 aliphatic carbocycles. The molecule has 1 aliphatic rings. The molecule has 0 radical (unpaired) electrons. The van der Waals surface area contributed by atoms with Crippen LogP contribution in [0.4, 0.5) is 0 Å². The molecule has 1 aromatic heterocycles. The summed E-state index contributed by atoms with van der Waals surface area (Å²) >= 11 is 6.31. The zero-order chi connectivity index (χ0) is 21.5. The molecule has 7 heteroatoms. The Morgan fingerprint density at radius 2 is 2.23 bits per heavy atom. The second-order valence-corrected chi connectivity index (χ2v) is 7.55. The van der Waals surface area contributed by atoms with Gasteiger partial charge in [-0.25, -0.2) is 0 Å². The third-order valence-electron chi connectivity index (χ3n) is 4.92. The van der Waals surface area contributed by atoms with Crippen molar-refractivity contribution >= 4 is 30.4 Å². The molecule has 2 aromatic rings. The number of methoxy groups -OCH3 is 1. The lowest BCUT2D eigenvalue weighted by molar-refractivity contribution is 0.177. The van der Waals surface area contributed by atoms with Crippen LogP contribution in [0.5, 0.6) is 5.75 Å². The van der Waals surface area contributed by atoms with Crippen molar-refractivity contribution in [1.82, 2.24) is 4.98 Å². The smallest absolute Gasteiger partial charge is 0.458 e. The SMILES string of the molecule is C=C(COC)C1=CCB(O)OC1CC/C(=C/c1ccc(O)cc1Cl)c1ccccn1. The molecule has 0 spiro atoms. The number of benzene rings is 1. The van der Waals surface area contributed by atoms with E-state index < -0.39 is 7.12 Å². The Kier molecular flexibility index (Phi) is 7.88. The van der Waals surface area contributed by atoms with Crippen LogP contribution in [0, 0.1) is 0 Å². The van der Waals surface area contributed by atoms with E-state index in [0.717, 1.165) is 28.0 Å². The minimum atomic E-state index is -0.831. The quantitative estimate of drug-likeness (QED) is 0.596. The highest BCUT2D eigenvalue weighted by Gasteiger charge is 2.28. The Hall–Kier alpha value is -2.38. The first-order valence-electron chi connectivity index (χ1n) is 9.79. The van der Waals surface area contributed by atoms with Crippen molar-refractivity contribution in [2.75, 3.05) is 13.7 Å².